The lowest BCUT2D eigenvalue weighted by atomic mass is 9.80. The van der Waals surface area contributed by atoms with Gasteiger partial charge in [-0.05, 0) is 26.4 Å². The molecule has 5 heteroatoms. The minimum absolute atomic E-state index is 0.0185. The first-order chi connectivity index (χ1) is 8.23. The molecule has 5 nitrogen and oxygen atoms in total. The van der Waals surface area contributed by atoms with E-state index in [4.69, 9.17) is 5.73 Å². The zero-order valence-electron chi connectivity index (χ0n) is 10.4. The average molecular weight is 235 g/mol. The van der Waals surface area contributed by atoms with Gasteiger partial charge in [0.25, 0.3) is 0 Å². The first-order valence-corrected chi connectivity index (χ1v) is 6.42. The van der Waals surface area contributed by atoms with E-state index in [0.717, 1.165) is 19.4 Å². The first-order valence-electron chi connectivity index (χ1n) is 6.42. The second kappa shape index (κ2) is 4.08. The van der Waals surface area contributed by atoms with Crippen molar-refractivity contribution in [3.8, 4) is 0 Å². The Hall–Kier alpha value is -0.910. The van der Waals surface area contributed by atoms with Crippen molar-refractivity contribution in [2.45, 2.75) is 30.8 Å². The van der Waals surface area contributed by atoms with Crippen LogP contribution >= 0.6 is 0 Å². The van der Waals surface area contributed by atoms with Crippen LogP contribution in [0, 0.1) is 0 Å². The van der Waals surface area contributed by atoms with Crippen LogP contribution in [-0.2, 0) is 12.0 Å². The number of nitrogens with zero attached hydrogens (tertiary/aromatic N) is 2. The molecule has 0 amide bonds. The molecule has 1 saturated heterocycles. The average Bonchev–Trinajstić information content (AvgIpc) is 2.77. The van der Waals surface area contributed by atoms with Crippen molar-refractivity contribution in [1.29, 1.82) is 0 Å². The molecular weight excluding hydrogens is 214 g/mol. The monoisotopic (exact) mass is 235 g/mol. The SMILES string of the molecule is CN1CCCC2(C1)NC(CN)Cc1[nH]cnc12. The summed E-state index contributed by atoms with van der Waals surface area (Å²) in [7, 11) is 2.18. The first kappa shape index (κ1) is 11.2. The molecule has 1 aromatic rings. The van der Waals surface area contributed by atoms with E-state index in [1.165, 1.54) is 24.4 Å². The van der Waals surface area contributed by atoms with Crippen LogP contribution in [-0.4, -0.2) is 47.6 Å². The van der Waals surface area contributed by atoms with Gasteiger partial charge in [-0.3, -0.25) is 0 Å². The van der Waals surface area contributed by atoms with E-state index in [9.17, 15) is 0 Å². The van der Waals surface area contributed by atoms with Crippen molar-refractivity contribution < 1.29 is 0 Å². The van der Waals surface area contributed by atoms with Gasteiger partial charge in [0.2, 0.25) is 0 Å². The number of hydrogen-bond acceptors (Lipinski definition) is 4. The van der Waals surface area contributed by atoms with E-state index < -0.39 is 0 Å². The maximum Gasteiger partial charge on any atom is 0.0926 e. The number of H-pyrrole nitrogens is 1. The van der Waals surface area contributed by atoms with Crippen molar-refractivity contribution in [2.24, 2.45) is 5.73 Å². The Kier molecular flexibility index (Phi) is 2.69. The van der Waals surface area contributed by atoms with E-state index in [2.05, 4.69) is 27.2 Å². The topological polar surface area (TPSA) is 70.0 Å². The molecule has 94 valence electrons. The highest BCUT2D eigenvalue weighted by Gasteiger charge is 2.43. The van der Waals surface area contributed by atoms with Crippen molar-refractivity contribution >= 4 is 0 Å². The number of likely N-dealkylation sites (tertiary alicyclic amines) is 1. The highest BCUT2D eigenvalue weighted by Crippen LogP contribution is 2.35. The maximum atomic E-state index is 5.84. The van der Waals surface area contributed by atoms with Crippen LogP contribution in [0.25, 0.3) is 0 Å². The quantitative estimate of drug-likeness (QED) is 0.631. The molecule has 0 aromatic carbocycles. The third-order valence-electron chi connectivity index (χ3n) is 4.07. The predicted molar refractivity (Wildman–Crippen MR) is 66.7 cm³/mol. The Morgan fingerprint density at radius 1 is 1.65 bits per heavy atom. The summed E-state index contributed by atoms with van der Waals surface area (Å²) in [4.78, 5) is 10.2. The molecule has 2 aliphatic heterocycles. The van der Waals surface area contributed by atoms with Gasteiger partial charge in [-0.1, -0.05) is 0 Å². The van der Waals surface area contributed by atoms with Crippen LogP contribution in [0.15, 0.2) is 6.33 Å². The van der Waals surface area contributed by atoms with Crippen LogP contribution in [0.5, 0.6) is 0 Å². The van der Waals surface area contributed by atoms with E-state index >= 15 is 0 Å². The van der Waals surface area contributed by atoms with Crippen molar-refractivity contribution in [1.82, 2.24) is 20.2 Å². The Morgan fingerprint density at radius 2 is 2.53 bits per heavy atom. The fourth-order valence-electron chi connectivity index (χ4n) is 3.37. The molecular formula is C12H21N5. The van der Waals surface area contributed by atoms with Crippen molar-refractivity contribution in [3.05, 3.63) is 17.7 Å². The molecule has 1 spiro atoms. The number of rotatable bonds is 1. The number of fused-ring (bicyclic) bond motifs is 2. The van der Waals surface area contributed by atoms with Crippen LogP contribution in [0.3, 0.4) is 0 Å². The zero-order chi connectivity index (χ0) is 11.9. The van der Waals surface area contributed by atoms with Gasteiger partial charge < -0.3 is 20.9 Å². The molecule has 1 fully saturated rings. The predicted octanol–water partition coefficient (Wildman–Crippen LogP) is -0.196. The van der Waals surface area contributed by atoms with Crippen molar-refractivity contribution in [2.75, 3.05) is 26.7 Å². The number of nitrogens with one attached hydrogen (secondary N) is 2. The molecule has 3 heterocycles. The third kappa shape index (κ3) is 1.78. The molecule has 3 rings (SSSR count). The lowest BCUT2D eigenvalue weighted by Crippen LogP contribution is -2.61. The van der Waals surface area contributed by atoms with Gasteiger partial charge in [-0.15, -0.1) is 0 Å². The Bertz CT molecular complexity index is 401. The third-order valence-corrected chi connectivity index (χ3v) is 4.07. The van der Waals surface area contributed by atoms with Gasteiger partial charge in [0.05, 0.1) is 17.6 Å². The number of likely N-dealkylation sites (N-methyl/N-ethyl adjacent to an activating group) is 1. The second-order valence-electron chi connectivity index (χ2n) is 5.43. The number of aromatic nitrogens is 2. The van der Waals surface area contributed by atoms with E-state index in [0.29, 0.717) is 12.6 Å². The second-order valence-corrected chi connectivity index (χ2v) is 5.43. The molecule has 0 saturated carbocycles. The molecule has 0 radical (unpaired) electrons. The van der Waals surface area contributed by atoms with Crippen LogP contribution in [0.4, 0.5) is 0 Å². The molecule has 2 unspecified atom stereocenters. The summed E-state index contributed by atoms with van der Waals surface area (Å²) in [5, 5.41) is 3.74. The molecule has 0 aliphatic carbocycles. The maximum absolute atomic E-state index is 5.84. The minimum atomic E-state index is 0.0185. The molecule has 4 N–H and O–H groups in total. The smallest absolute Gasteiger partial charge is 0.0926 e. The van der Waals surface area contributed by atoms with Crippen molar-refractivity contribution in [3.63, 3.8) is 0 Å². The Balaban J connectivity index is 1.98. The van der Waals surface area contributed by atoms with Gasteiger partial charge in [0, 0.05) is 31.2 Å². The van der Waals surface area contributed by atoms with Crippen LogP contribution in [0.1, 0.15) is 24.2 Å². The standard InChI is InChI=1S/C12H21N5/c1-17-4-2-3-12(7-17)11-10(14-8-15-11)5-9(6-13)16-12/h8-9,16H,2-7,13H2,1H3,(H,14,15). The Morgan fingerprint density at radius 3 is 3.29 bits per heavy atom. The highest BCUT2D eigenvalue weighted by molar-refractivity contribution is 5.28. The van der Waals surface area contributed by atoms with E-state index in [1.54, 1.807) is 0 Å². The molecule has 2 atom stereocenters. The zero-order valence-corrected chi connectivity index (χ0v) is 10.4. The number of imidazole rings is 1. The molecule has 1 aromatic heterocycles. The number of aromatic amines is 1. The normalized spacial score (nSPS) is 33.9. The summed E-state index contributed by atoms with van der Waals surface area (Å²) in [5.74, 6) is 0. The van der Waals surface area contributed by atoms with Gasteiger partial charge in [0.1, 0.15) is 0 Å². The summed E-state index contributed by atoms with van der Waals surface area (Å²) in [6.07, 6.45) is 5.16. The van der Waals surface area contributed by atoms with Gasteiger partial charge >= 0.3 is 0 Å². The summed E-state index contributed by atoms with van der Waals surface area (Å²) in [6, 6.07) is 0.370. The number of hydrogen-bond donors (Lipinski definition) is 3. The lowest BCUT2D eigenvalue weighted by Gasteiger charge is -2.46. The Labute approximate surface area is 102 Å². The lowest BCUT2D eigenvalue weighted by molar-refractivity contribution is 0.118. The highest BCUT2D eigenvalue weighted by atomic mass is 15.2. The number of nitrogens with two attached hydrogens (primary N) is 1. The summed E-state index contributed by atoms with van der Waals surface area (Å²) in [6.45, 7) is 2.89. The summed E-state index contributed by atoms with van der Waals surface area (Å²) in [5.41, 5.74) is 8.35. The van der Waals surface area contributed by atoms with Crippen LogP contribution < -0.4 is 11.1 Å². The fraction of sp³-hybridized carbons (Fsp3) is 0.750. The van der Waals surface area contributed by atoms with Crippen LogP contribution in [0.2, 0.25) is 0 Å². The summed E-state index contributed by atoms with van der Waals surface area (Å²) >= 11 is 0. The van der Waals surface area contributed by atoms with Gasteiger partial charge in [-0.25, -0.2) is 4.98 Å². The fourth-order valence-corrected chi connectivity index (χ4v) is 3.37. The van der Waals surface area contributed by atoms with Gasteiger partial charge in [-0.2, -0.15) is 0 Å². The van der Waals surface area contributed by atoms with Gasteiger partial charge in [0.15, 0.2) is 0 Å². The summed E-state index contributed by atoms with van der Waals surface area (Å²) < 4.78 is 0. The number of piperidine rings is 1. The van der Waals surface area contributed by atoms with E-state index in [-0.39, 0.29) is 5.54 Å². The molecule has 2 aliphatic rings. The largest absolute Gasteiger partial charge is 0.348 e. The molecule has 17 heavy (non-hydrogen) atoms. The minimum Gasteiger partial charge on any atom is -0.348 e. The van der Waals surface area contributed by atoms with E-state index in [1.807, 2.05) is 6.33 Å². The molecule has 0 bridgehead atoms.